The maximum atomic E-state index is 13.3. The molecule has 0 aromatic heterocycles. The summed E-state index contributed by atoms with van der Waals surface area (Å²) in [5.74, 6) is 0.0415. The number of anilines is 1. The highest BCUT2D eigenvalue weighted by atomic mass is 32.2. The molecule has 2 aromatic rings. The van der Waals surface area contributed by atoms with E-state index in [2.05, 4.69) is 0 Å². The van der Waals surface area contributed by atoms with Gasteiger partial charge in [-0.05, 0) is 48.4 Å². The van der Waals surface area contributed by atoms with Crippen molar-refractivity contribution in [1.29, 1.82) is 5.26 Å². The van der Waals surface area contributed by atoms with Crippen molar-refractivity contribution in [2.24, 2.45) is 0 Å². The van der Waals surface area contributed by atoms with Gasteiger partial charge in [0, 0.05) is 5.25 Å². The molecule has 0 fully saturated rings. The van der Waals surface area contributed by atoms with E-state index in [1.807, 2.05) is 51.1 Å². The minimum absolute atomic E-state index is 0.143. The number of benzene rings is 2. The molecule has 0 saturated heterocycles. The molecule has 0 aliphatic carbocycles. The molecule has 0 unspecified atom stereocenters. The summed E-state index contributed by atoms with van der Waals surface area (Å²) < 4.78 is 5.61. The summed E-state index contributed by atoms with van der Waals surface area (Å²) in [7, 11) is 0. The van der Waals surface area contributed by atoms with Gasteiger partial charge in [-0.25, -0.2) is 4.90 Å². The zero-order chi connectivity index (χ0) is 21.0. The monoisotopic (exact) mass is 406 g/mol. The number of hydrogen-bond acceptors (Lipinski definition) is 5. The quantitative estimate of drug-likeness (QED) is 0.619. The van der Waals surface area contributed by atoms with Crippen LogP contribution in [-0.2, 0) is 9.59 Å². The highest BCUT2D eigenvalue weighted by Crippen LogP contribution is 2.40. The Kier molecular flexibility index (Phi) is 6.40. The second-order valence-corrected chi connectivity index (χ2v) is 8.43. The second kappa shape index (κ2) is 8.97. The van der Waals surface area contributed by atoms with Crippen LogP contribution in [0.4, 0.5) is 5.69 Å². The molecule has 0 bridgehead atoms. The first-order valence-electron chi connectivity index (χ1n) is 9.49. The maximum Gasteiger partial charge on any atom is 0.272 e. The fourth-order valence-electron chi connectivity index (χ4n) is 2.97. The lowest BCUT2D eigenvalue weighted by atomic mass is 10.1. The predicted molar refractivity (Wildman–Crippen MR) is 116 cm³/mol. The van der Waals surface area contributed by atoms with E-state index in [0.29, 0.717) is 33.9 Å². The Hall–Kier alpha value is -3.04. The van der Waals surface area contributed by atoms with Gasteiger partial charge in [0.1, 0.15) is 5.75 Å². The van der Waals surface area contributed by atoms with Crippen molar-refractivity contribution < 1.29 is 14.3 Å². The van der Waals surface area contributed by atoms with E-state index in [0.717, 1.165) is 12.2 Å². The molecule has 5 nitrogen and oxygen atoms in total. The summed E-state index contributed by atoms with van der Waals surface area (Å²) in [5.41, 5.74) is 2.02. The van der Waals surface area contributed by atoms with Crippen molar-refractivity contribution >= 4 is 34.8 Å². The van der Waals surface area contributed by atoms with E-state index in [4.69, 9.17) is 10.00 Å². The lowest BCUT2D eigenvalue weighted by Crippen LogP contribution is -2.31. The molecule has 1 aliphatic heterocycles. The van der Waals surface area contributed by atoms with Crippen molar-refractivity contribution in [3.63, 3.8) is 0 Å². The minimum Gasteiger partial charge on any atom is -0.494 e. The van der Waals surface area contributed by atoms with E-state index < -0.39 is 0 Å². The zero-order valence-corrected chi connectivity index (χ0v) is 17.5. The van der Waals surface area contributed by atoms with Crippen molar-refractivity contribution in [3.8, 4) is 11.8 Å². The second-order valence-electron chi connectivity index (χ2n) is 6.85. The molecular formula is C23H22N2O3S. The maximum absolute atomic E-state index is 13.3. The topological polar surface area (TPSA) is 70.4 Å². The van der Waals surface area contributed by atoms with Gasteiger partial charge >= 0.3 is 0 Å². The molecule has 3 rings (SSSR count). The van der Waals surface area contributed by atoms with Gasteiger partial charge in [0.15, 0.2) is 0 Å². The summed E-state index contributed by atoms with van der Waals surface area (Å²) in [5, 5.41) is 9.13. The van der Waals surface area contributed by atoms with Crippen LogP contribution in [0, 0.1) is 11.3 Å². The first kappa shape index (κ1) is 20.7. The number of imide groups is 1. The van der Waals surface area contributed by atoms with Gasteiger partial charge < -0.3 is 4.74 Å². The average molecular weight is 407 g/mol. The van der Waals surface area contributed by atoms with Gasteiger partial charge in [-0.2, -0.15) is 5.26 Å². The Morgan fingerprint density at radius 2 is 1.69 bits per heavy atom. The molecular weight excluding hydrogens is 384 g/mol. The van der Waals surface area contributed by atoms with Gasteiger partial charge in [0.05, 0.1) is 34.4 Å². The van der Waals surface area contributed by atoms with Gasteiger partial charge in [-0.1, -0.05) is 32.9 Å². The highest BCUT2D eigenvalue weighted by Gasteiger charge is 2.40. The van der Waals surface area contributed by atoms with Crippen LogP contribution in [-0.4, -0.2) is 23.7 Å². The third kappa shape index (κ3) is 4.36. The van der Waals surface area contributed by atoms with E-state index in [1.165, 1.54) is 16.7 Å². The molecule has 0 atom stereocenters. The standard InChI is InChI=1S/C23H22N2O3S/c1-4-13-28-19-11-7-17(8-12-19)20-21(29-15(2)3)23(27)25(22(20)26)18-9-5-16(14-24)6-10-18/h5-12,15H,4,13H2,1-3H3. The van der Waals surface area contributed by atoms with Crippen LogP contribution in [0.15, 0.2) is 53.4 Å². The Morgan fingerprint density at radius 3 is 2.24 bits per heavy atom. The van der Waals surface area contributed by atoms with Crippen molar-refractivity contribution in [3.05, 3.63) is 64.6 Å². The first-order chi connectivity index (χ1) is 14.0. The average Bonchev–Trinajstić information content (AvgIpc) is 2.96. The molecule has 0 radical (unpaired) electrons. The third-order valence-electron chi connectivity index (χ3n) is 4.27. The summed E-state index contributed by atoms with van der Waals surface area (Å²) >= 11 is 1.38. The number of carbonyl (C=O) groups excluding carboxylic acids is 2. The summed E-state index contributed by atoms with van der Waals surface area (Å²) in [6.07, 6.45) is 0.911. The van der Waals surface area contributed by atoms with Gasteiger partial charge in [-0.15, -0.1) is 11.8 Å². The molecule has 1 heterocycles. The van der Waals surface area contributed by atoms with E-state index in [9.17, 15) is 9.59 Å². The lowest BCUT2D eigenvalue weighted by molar-refractivity contribution is -0.119. The Bertz CT molecular complexity index is 986. The van der Waals surface area contributed by atoms with Crippen molar-refractivity contribution in [2.75, 3.05) is 11.5 Å². The minimum atomic E-state index is -0.356. The molecule has 2 amide bonds. The van der Waals surface area contributed by atoms with Gasteiger partial charge in [-0.3, -0.25) is 9.59 Å². The van der Waals surface area contributed by atoms with Crippen LogP contribution in [0.2, 0.25) is 0 Å². The van der Waals surface area contributed by atoms with Crippen LogP contribution >= 0.6 is 11.8 Å². The van der Waals surface area contributed by atoms with Crippen molar-refractivity contribution in [1.82, 2.24) is 0 Å². The number of ether oxygens (including phenoxy) is 1. The number of nitriles is 1. The molecule has 0 saturated carbocycles. The molecule has 29 heavy (non-hydrogen) atoms. The van der Waals surface area contributed by atoms with Crippen LogP contribution in [0.5, 0.6) is 5.75 Å². The first-order valence-corrected chi connectivity index (χ1v) is 10.4. The summed E-state index contributed by atoms with van der Waals surface area (Å²) in [4.78, 5) is 28.0. The zero-order valence-electron chi connectivity index (χ0n) is 16.6. The fourth-order valence-corrected chi connectivity index (χ4v) is 3.95. The summed E-state index contributed by atoms with van der Waals surface area (Å²) in [6.45, 7) is 6.63. The predicted octanol–water partition coefficient (Wildman–Crippen LogP) is 4.77. The third-order valence-corrected chi connectivity index (χ3v) is 5.35. The molecule has 1 aliphatic rings. The Balaban J connectivity index is 1.99. The largest absolute Gasteiger partial charge is 0.494 e. The number of hydrogen-bond donors (Lipinski definition) is 0. The van der Waals surface area contributed by atoms with E-state index >= 15 is 0 Å². The normalized spacial score (nSPS) is 14.0. The van der Waals surface area contributed by atoms with E-state index in [-0.39, 0.29) is 17.1 Å². The molecule has 0 N–H and O–H groups in total. The number of nitrogens with zero attached hydrogens (tertiary/aromatic N) is 2. The Morgan fingerprint density at radius 1 is 1.03 bits per heavy atom. The molecule has 148 valence electrons. The van der Waals surface area contributed by atoms with E-state index in [1.54, 1.807) is 24.3 Å². The number of rotatable bonds is 7. The lowest BCUT2D eigenvalue weighted by Gasteiger charge is -2.15. The molecule has 2 aromatic carbocycles. The number of thioether (sulfide) groups is 1. The van der Waals surface area contributed by atoms with Crippen molar-refractivity contribution in [2.45, 2.75) is 32.4 Å². The van der Waals surface area contributed by atoms with Crippen LogP contribution < -0.4 is 9.64 Å². The van der Waals surface area contributed by atoms with Crippen LogP contribution in [0.3, 0.4) is 0 Å². The SMILES string of the molecule is CCCOc1ccc(C2=C(SC(C)C)C(=O)N(c3ccc(C#N)cc3)C2=O)cc1. The van der Waals surface area contributed by atoms with Crippen LogP contribution in [0.25, 0.3) is 5.57 Å². The van der Waals surface area contributed by atoms with Gasteiger partial charge in [0.25, 0.3) is 11.8 Å². The highest BCUT2D eigenvalue weighted by molar-refractivity contribution is 8.04. The smallest absolute Gasteiger partial charge is 0.272 e. The van der Waals surface area contributed by atoms with Crippen LogP contribution in [0.1, 0.15) is 38.3 Å². The fraction of sp³-hybridized carbons (Fsp3) is 0.261. The number of carbonyl (C=O) groups is 2. The molecule has 6 heteroatoms. The van der Waals surface area contributed by atoms with Gasteiger partial charge in [0.2, 0.25) is 0 Å². The Labute approximate surface area is 175 Å². The summed E-state index contributed by atoms with van der Waals surface area (Å²) in [6, 6.07) is 15.7. The number of amides is 2. The molecule has 0 spiro atoms.